The van der Waals surface area contributed by atoms with Crippen LogP contribution in [0.3, 0.4) is 0 Å². The number of rotatable bonds is 7. The van der Waals surface area contributed by atoms with Crippen molar-refractivity contribution in [2.24, 2.45) is 0 Å². The Bertz CT molecular complexity index is 1590. The van der Waals surface area contributed by atoms with Crippen molar-refractivity contribution in [3.63, 3.8) is 0 Å². The topological polar surface area (TPSA) is 84.2 Å². The Morgan fingerprint density at radius 2 is 1.68 bits per heavy atom. The summed E-state index contributed by atoms with van der Waals surface area (Å²) in [7, 11) is 2.96. The zero-order valence-electron chi connectivity index (χ0n) is 20.4. The summed E-state index contributed by atoms with van der Waals surface area (Å²) in [6.07, 6.45) is -2.44. The van der Waals surface area contributed by atoms with Crippen LogP contribution in [0.15, 0.2) is 76.0 Å². The van der Waals surface area contributed by atoms with Crippen LogP contribution in [0.25, 0.3) is 17.0 Å². The third kappa shape index (κ3) is 5.80. The molecule has 0 aliphatic rings. The van der Waals surface area contributed by atoms with Gasteiger partial charge in [0.25, 0.3) is 5.76 Å². The molecule has 0 aliphatic heterocycles. The fraction of sp³-hybridized carbons (Fsp3) is 0.143. The molecule has 4 aromatic rings. The molecular formula is C28H21F3O7. The molecule has 0 N–H and O–H groups in total. The summed E-state index contributed by atoms with van der Waals surface area (Å²) in [5.41, 5.74) is -0.104. The van der Waals surface area contributed by atoms with Gasteiger partial charge in [-0.2, -0.15) is 13.2 Å². The van der Waals surface area contributed by atoms with Crippen molar-refractivity contribution in [1.82, 2.24) is 0 Å². The lowest BCUT2D eigenvalue weighted by molar-refractivity contribution is -0.154. The van der Waals surface area contributed by atoms with Gasteiger partial charge in [0.2, 0.25) is 11.2 Å². The molecule has 10 heteroatoms. The molecule has 0 saturated carbocycles. The van der Waals surface area contributed by atoms with Crippen molar-refractivity contribution < 1.29 is 41.3 Å². The highest BCUT2D eigenvalue weighted by atomic mass is 19.4. The molecular weight excluding hydrogens is 505 g/mol. The average molecular weight is 526 g/mol. The van der Waals surface area contributed by atoms with Gasteiger partial charge in [-0.25, -0.2) is 4.79 Å². The largest absolute Gasteiger partial charge is 0.493 e. The summed E-state index contributed by atoms with van der Waals surface area (Å²) in [4.78, 5) is 25.3. The van der Waals surface area contributed by atoms with E-state index in [1.807, 2.05) is 0 Å². The summed E-state index contributed by atoms with van der Waals surface area (Å²) in [5.74, 6) is -2.50. The highest BCUT2D eigenvalue weighted by molar-refractivity contribution is 5.89. The second kappa shape index (κ2) is 10.7. The van der Waals surface area contributed by atoms with E-state index < -0.39 is 34.7 Å². The molecule has 0 bridgehead atoms. The number of esters is 1. The van der Waals surface area contributed by atoms with E-state index in [9.17, 15) is 22.8 Å². The van der Waals surface area contributed by atoms with Crippen molar-refractivity contribution in [3.05, 3.63) is 93.9 Å². The maximum absolute atomic E-state index is 13.8. The van der Waals surface area contributed by atoms with E-state index in [4.69, 9.17) is 23.4 Å². The van der Waals surface area contributed by atoms with Crippen LogP contribution in [0.4, 0.5) is 13.2 Å². The second-order valence-electron chi connectivity index (χ2n) is 8.03. The number of methoxy groups -OCH3 is 2. The Morgan fingerprint density at radius 3 is 2.37 bits per heavy atom. The Kier molecular flexibility index (Phi) is 7.43. The predicted octanol–water partition coefficient (Wildman–Crippen LogP) is 6.55. The first kappa shape index (κ1) is 26.3. The van der Waals surface area contributed by atoms with Crippen molar-refractivity contribution in [2.75, 3.05) is 14.2 Å². The highest BCUT2D eigenvalue weighted by Gasteiger charge is 2.40. The van der Waals surface area contributed by atoms with Gasteiger partial charge >= 0.3 is 12.1 Å². The summed E-state index contributed by atoms with van der Waals surface area (Å²) >= 11 is 0. The zero-order chi connectivity index (χ0) is 27.4. The van der Waals surface area contributed by atoms with Gasteiger partial charge in [-0.15, -0.1) is 0 Å². The highest BCUT2D eigenvalue weighted by Crippen LogP contribution is 2.38. The molecule has 0 saturated heterocycles. The number of hydrogen-bond acceptors (Lipinski definition) is 7. The fourth-order valence-electron chi connectivity index (χ4n) is 3.57. The maximum Gasteiger partial charge on any atom is 0.453 e. The van der Waals surface area contributed by atoms with E-state index in [0.29, 0.717) is 17.1 Å². The molecule has 0 amide bonds. The van der Waals surface area contributed by atoms with Crippen LogP contribution < -0.4 is 24.4 Å². The van der Waals surface area contributed by atoms with E-state index >= 15 is 0 Å². The molecule has 0 aliphatic carbocycles. The Morgan fingerprint density at radius 1 is 0.921 bits per heavy atom. The molecule has 1 aromatic heterocycles. The van der Waals surface area contributed by atoms with Crippen LogP contribution in [0.1, 0.15) is 16.9 Å². The minimum absolute atomic E-state index is 0.0500. The van der Waals surface area contributed by atoms with Crippen LogP contribution in [0, 0.1) is 6.92 Å². The number of hydrogen-bond donors (Lipinski definition) is 0. The number of carbonyl (C=O) groups is 1. The molecule has 0 radical (unpaired) electrons. The van der Waals surface area contributed by atoms with E-state index in [-0.39, 0.29) is 16.9 Å². The van der Waals surface area contributed by atoms with Gasteiger partial charge in [0, 0.05) is 12.1 Å². The predicted molar refractivity (Wildman–Crippen MR) is 133 cm³/mol. The van der Waals surface area contributed by atoms with E-state index in [2.05, 4.69) is 0 Å². The van der Waals surface area contributed by atoms with Crippen molar-refractivity contribution >= 4 is 23.0 Å². The van der Waals surface area contributed by atoms with Gasteiger partial charge in [0.15, 0.2) is 11.5 Å². The number of ether oxygens (including phenoxy) is 4. The lowest BCUT2D eigenvalue weighted by atomic mass is 10.2. The molecule has 4 rings (SSSR count). The molecule has 1 heterocycles. The minimum atomic E-state index is -5.03. The molecule has 0 fully saturated rings. The first-order valence-corrected chi connectivity index (χ1v) is 11.1. The normalized spacial score (nSPS) is 11.5. The van der Waals surface area contributed by atoms with Crippen molar-refractivity contribution in [2.45, 2.75) is 13.1 Å². The van der Waals surface area contributed by atoms with E-state index in [1.54, 1.807) is 37.3 Å². The van der Waals surface area contributed by atoms with Crippen molar-refractivity contribution in [3.8, 4) is 28.7 Å². The summed E-state index contributed by atoms with van der Waals surface area (Å²) in [6.45, 7) is 1.73. The van der Waals surface area contributed by atoms with Crippen LogP contribution in [-0.4, -0.2) is 20.2 Å². The van der Waals surface area contributed by atoms with E-state index in [0.717, 1.165) is 17.7 Å². The monoisotopic (exact) mass is 526 g/mol. The Hall–Kier alpha value is -4.73. The molecule has 0 atom stereocenters. The molecule has 3 aromatic carbocycles. The molecule has 7 nitrogen and oxygen atoms in total. The van der Waals surface area contributed by atoms with Crippen LogP contribution >= 0.6 is 0 Å². The quantitative estimate of drug-likeness (QED) is 0.153. The van der Waals surface area contributed by atoms with Gasteiger partial charge in [0.1, 0.15) is 17.1 Å². The molecule has 196 valence electrons. The third-order valence-corrected chi connectivity index (χ3v) is 5.33. The number of fused-ring (bicyclic) bond motifs is 1. The van der Waals surface area contributed by atoms with Crippen molar-refractivity contribution in [1.29, 1.82) is 0 Å². The minimum Gasteiger partial charge on any atom is -0.493 e. The summed E-state index contributed by atoms with van der Waals surface area (Å²) in [5, 5.41) is -0.179. The first-order chi connectivity index (χ1) is 18.1. The van der Waals surface area contributed by atoms with Gasteiger partial charge in [-0.1, -0.05) is 18.2 Å². The number of carbonyl (C=O) groups excluding carboxylic acids is 1. The number of aryl methyl sites for hydroxylation is 1. The van der Waals surface area contributed by atoms with Gasteiger partial charge in [-0.05, 0) is 60.5 Å². The van der Waals surface area contributed by atoms with Crippen LogP contribution in [0.2, 0.25) is 0 Å². The van der Waals surface area contributed by atoms with Crippen LogP contribution in [0.5, 0.6) is 28.7 Å². The number of benzene rings is 3. The standard InChI is InChI=1S/C28H21F3O7/c1-16-5-4-6-18(13-16)37-26-25(33)20-10-9-19(15-22(20)38-27(26)28(29,30)31)36-24(32)12-8-17-7-11-21(34-2)23(14-17)35-3/h4-15H,1-3H3/b12-8+. The van der Waals surface area contributed by atoms with Gasteiger partial charge in [-0.3, -0.25) is 4.79 Å². The van der Waals surface area contributed by atoms with Gasteiger partial charge in [0.05, 0.1) is 19.6 Å². The number of halogens is 3. The smallest absolute Gasteiger partial charge is 0.453 e. The maximum atomic E-state index is 13.8. The SMILES string of the molecule is COc1ccc(/C=C/C(=O)Oc2ccc3c(=O)c(Oc4cccc(C)c4)c(C(F)(F)F)oc3c2)cc1OC. The Balaban J connectivity index is 1.62. The molecule has 0 unspecified atom stereocenters. The van der Waals surface area contributed by atoms with E-state index in [1.165, 1.54) is 44.6 Å². The third-order valence-electron chi connectivity index (χ3n) is 5.33. The number of alkyl halides is 3. The lowest BCUT2D eigenvalue weighted by Gasteiger charge is -2.13. The fourth-order valence-corrected chi connectivity index (χ4v) is 3.57. The second-order valence-corrected chi connectivity index (χ2v) is 8.03. The zero-order valence-corrected chi connectivity index (χ0v) is 20.4. The first-order valence-electron chi connectivity index (χ1n) is 11.1. The van der Waals surface area contributed by atoms with Crippen LogP contribution in [-0.2, 0) is 11.0 Å². The average Bonchev–Trinajstić information content (AvgIpc) is 2.88. The molecule has 0 spiro atoms. The molecule has 38 heavy (non-hydrogen) atoms. The lowest BCUT2D eigenvalue weighted by Crippen LogP contribution is -2.15. The summed E-state index contributed by atoms with van der Waals surface area (Å²) < 4.78 is 67.3. The van der Waals surface area contributed by atoms with Gasteiger partial charge < -0.3 is 23.4 Å². The Labute approximate surface area is 214 Å². The summed E-state index contributed by atoms with van der Waals surface area (Å²) in [6, 6.07) is 14.7.